The van der Waals surface area contributed by atoms with Gasteiger partial charge < -0.3 is 20.5 Å². The van der Waals surface area contributed by atoms with Crippen molar-refractivity contribution in [3.05, 3.63) is 101 Å². The number of aromatic amines is 1. The summed E-state index contributed by atoms with van der Waals surface area (Å²) in [6.45, 7) is 4.91. The quantitative estimate of drug-likeness (QED) is 0.180. The molecule has 4 N–H and O–H groups in total. The van der Waals surface area contributed by atoms with Crippen molar-refractivity contribution in [3.63, 3.8) is 0 Å². The minimum Gasteiger partial charge on any atom is -0.396 e. The SMILES string of the molecule is Cc1c(NC(=O)c2ccc(C(C)(C)O)cc2F)cc(F)cc1-c1ncnc2[nH]c(-c3ccc(CCCO)cc3)cc12. The second-order valence-corrected chi connectivity index (χ2v) is 10.5. The highest BCUT2D eigenvalue weighted by Gasteiger charge is 2.22. The number of aromatic nitrogens is 3. The molecule has 0 atom stereocenters. The van der Waals surface area contributed by atoms with Gasteiger partial charge in [0.25, 0.3) is 5.91 Å². The van der Waals surface area contributed by atoms with Crippen molar-refractivity contribution in [1.29, 1.82) is 0 Å². The van der Waals surface area contributed by atoms with E-state index in [9.17, 15) is 18.7 Å². The Labute approximate surface area is 235 Å². The number of amides is 1. The van der Waals surface area contributed by atoms with Gasteiger partial charge in [-0.05, 0) is 86.2 Å². The summed E-state index contributed by atoms with van der Waals surface area (Å²) in [7, 11) is 0. The molecule has 3 aromatic carbocycles. The van der Waals surface area contributed by atoms with Crippen LogP contribution in [0.3, 0.4) is 0 Å². The molecule has 0 unspecified atom stereocenters. The Kier molecular flexibility index (Phi) is 7.66. The molecule has 2 aromatic heterocycles. The number of nitrogens with zero attached hydrogens (tertiary/aromatic N) is 2. The van der Waals surface area contributed by atoms with Crippen LogP contribution < -0.4 is 5.32 Å². The van der Waals surface area contributed by atoms with Crippen molar-refractivity contribution in [3.8, 4) is 22.5 Å². The molecule has 210 valence electrons. The van der Waals surface area contributed by atoms with E-state index in [4.69, 9.17) is 5.11 Å². The summed E-state index contributed by atoms with van der Waals surface area (Å²) in [4.78, 5) is 25.1. The van der Waals surface area contributed by atoms with Gasteiger partial charge in [-0.3, -0.25) is 4.79 Å². The van der Waals surface area contributed by atoms with Crippen LogP contribution in [0.4, 0.5) is 14.5 Å². The molecule has 0 fully saturated rings. The molecular formula is C32H30F2N4O3. The predicted molar refractivity (Wildman–Crippen MR) is 154 cm³/mol. The highest BCUT2D eigenvalue weighted by molar-refractivity contribution is 6.05. The largest absolute Gasteiger partial charge is 0.396 e. The summed E-state index contributed by atoms with van der Waals surface area (Å²) in [5.41, 5.74) is 3.91. The first-order valence-electron chi connectivity index (χ1n) is 13.2. The van der Waals surface area contributed by atoms with Gasteiger partial charge in [0.05, 0.1) is 16.9 Å². The van der Waals surface area contributed by atoms with Crippen molar-refractivity contribution < 1.29 is 23.8 Å². The highest BCUT2D eigenvalue weighted by Crippen LogP contribution is 2.35. The molecule has 2 heterocycles. The molecule has 1 amide bonds. The lowest BCUT2D eigenvalue weighted by molar-refractivity contribution is 0.0780. The van der Waals surface area contributed by atoms with Crippen molar-refractivity contribution in [2.24, 2.45) is 0 Å². The number of halogens is 2. The van der Waals surface area contributed by atoms with Gasteiger partial charge in [-0.1, -0.05) is 30.3 Å². The van der Waals surface area contributed by atoms with E-state index in [0.717, 1.165) is 29.3 Å². The number of aliphatic hydroxyl groups is 2. The first kappa shape index (κ1) is 28.1. The van der Waals surface area contributed by atoms with Crippen LogP contribution in [0.1, 0.15) is 47.3 Å². The fourth-order valence-electron chi connectivity index (χ4n) is 4.77. The maximum Gasteiger partial charge on any atom is 0.258 e. The predicted octanol–water partition coefficient (Wildman–Crippen LogP) is 6.28. The van der Waals surface area contributed by atoms with Crippen LogP contribution in [0.25, 0.3) is 33.5 Å². The maximum atomic E-state index is 14.9. The monoisotopic (exact) mass is 556 g/mol. The van der Waals surface area contributed by atoms with Crippen LogP contribution in [-0.2, 0) is 12.0 Å². The van der Waals surface area contributed by atoms with E-state index in [0.29, 0.717) is 39.8 Å². The molecule has 5 rings (SSSR count). The molecular weight excluding hydrogens is 526 g/mol. The third-order valence-corrected chi connectivity index (χ3v) is 7.11. The lowest BCUT2D eigenvalue weighted by atomic mass is 9.96. The van der Waals surface area contributed by atoms with Gasteiger partial charge in [0, 0.05) is 28.9 Å². The van der Waals surface area contributed by atoms with E-state index in [1.165, 1.54) is 44.4 Å². The zero-order valence-electron chi connectivity index (χ0n) is 22.9. The zero-order valence-corrected chi connectivity index (χ0v) is 22.9. The van der Waals surface area contributed by atoms with Crippen LogP contribution in [0.15, 0.2) is 67.0 Å². The van der Waals surface area contributed by atoms with Crippen LogP contribution >= 0.6 is 0 Å². The Morgan fingerprint density at radius 3 is 2.46 bits per heavy atom. The Morgan fingerprint density at radius 1 is 1.02 bits per heavy atom. The number of carbonyl (C=O) groups is 1. The van der Waals surface area contributed by atoms with Crippen molar-refractivity contribution in [2.75, 3.05) is 11.9 Å². The maximum absolute atomic E-state index is 14.9. The average molecular weight is 557 g/mol. The number of fused-ring (bicyclic) bond motifs is 1. The van der Waals surface area contributed by atoms with Crippen molar-refractivity contribution in [1.82, 2.24) is 15.0 Å². The van der Waals surface area contributed by atoms with Crippen molar-refractivity contribution in [2.45, 2.75) is 39.2 Å². The standard InChI is InChI=1S/C32H30F2N4O3/c1-18-24(14-22(33)15-27(18)38-31(40)23-11-10-21(13-26(23)34)32(2,3)41)29-25-16-28(37-30(25)36-17-35-29)20-8-6-19(7-9-20)5-4-12-39/h6-11,13-17,39,41H,4-5,12H2,1-3H3,(H,38,40)(H,35,36,37). The van der Waals surface area contributed by atoms with E-state index in [2.05, 4.69) is 20.3 Å². The molecule has 0 aliphatic rings. The summed E-state index contributed by atoms with van der Waals surface area (Å²) < 4.78 is 29.7. The Hall–Kier alpha value is -4.47. The van der Waals surface area contributed by atoms with Gasteiger partial charge in [0.2, 0.25) is 0 Å². The third-order valence-electron chi connectivity index (χ3n) is 7.11. The topological polar surface area (TPSA) is 111 Å². The molecule has 0 saturated heterocycles. The Morgan fingerprint density at radius 2 is 1.78 bits per heavy atom. The molecule has 5 aromatic rings. The molecule has 0 bridgehead atoms. The lowest BCUT2D eigenvalue weighted by Crippen LogP contribution is -2.19. The Bertz CT molecular complexity index is 1740. The van der Waals surface area contributed by atoms with Gasteiger partial charge in [0.1, 0.15) is 23.6 Å². The lowest BCUT2D eigenvalue weighted by Gasteiger charge is -2.18. The summed E-state index contributed by atoms with van der Waals surface area (Å²) in [6, 6.07) is 16.3. The molecule has 0 radical (unpaired) electrons. The number of aliphatic hydroxyl groups excluding tert-OH is 1. The number of carbonyl (C=O) groups excluding carboxylic acids is 1. The number of aryl methyl sites for hydroxylation is 1. The van der Waals surface area contributed by atoms with E-state index >= 15 is 0 Å². The number of anilines is 1. The smallest absolute Gasteiger partial charge is 0.258 e. The molecule has 9 heteroatoms. The Balaban J connectivity index is 1.48. The normalized spacial score (nSPS) is 11.7. The van der Waals surface area contributed by atoms with Crippen molar-refractivity contribution >= 4 is 22.6 Å². The van der Waals surface area contributed by atoms with E-state index < -0.39 is 23.1 Å². The summed E-state index contributed by atoms with van der Waals surface area (Å²) >= 11 is 0. The van der Waals surface area contributed by atoms with Gasteiger partial charge >= 0.3 is 0 Å². The van der Waals surface area contributed by atoms with E-state index in [1.807, 2.05) is 30.3 Å². The molecule has 0 saturated carbocycles. The summed E-state index contributed by atoms with van der Waals surface area (Å²) in [5, 5.41) is 22.5. The fourth-order valence-corrected chi connectivity index (χ4v) is 4.77. The number of H-pyrrole nitrogens is 1. The first-order chi connectivity index (χ1) is 19.5. The molecule has 7 nitrogen and oxygen atoms in total. The third kappa shape index (κ3) is 5.86. The van der Waals surface area contributed by atoms with Crippen LogP contribution in [-0.4, -0.2) is 37.7 Å². The van der Waals surface area contributed by atoms with Crippen LogP contribution in [0.2, 0.25) is 0 Å². The molecule has 41 heavy (non-hydrogen) atoms. The van der Waals surface area contributed by atoms with E-state index in [-0.39, 0.29) is 17.9 Å². The summed E-state index contributed by atoms with van der Waals surface area (Å²) in [6.07, 6.45) is 2.87. The van der Waals surface area contributed by atoms with Crippen LogP contribution in [0, 0.1) is 18.6 Å². The number of hydrogen-bond donors (Lipinski definition) is 4. The second-order valence-electron chi connectivity index (χ2n) is 10.5. The second kappa shape index (κ2) is 11.2. The minimum absolute atomic E-state index is 0.142. The summed E-state index contributed by atoms with van der Waals surface area (Å²) in [5.74, 6) is -2.14. The number of nitrogens with one attached hydrogen (secondary N) is 2. The van der Waals surface area contributed by atoms with Gasteiger partial charge in [-0.2, -0.15) is 0 Å². The zero-order chi connectivity index (χ0) is 29.3. The average Bonchev–Trinajstić information content (AvgIpc) is 3.38. The number of rotatable bonds is 8. The van der Waals surface area contributed by atoms with Crippen LogP contribution in [0.5, 0.6) is 0 Å². The fraction of sp³-hybridized carbons (Fsp3) is 0.219. The first-order valence-corrected chi connectivity index (χ1v) is 13.2. The van der Waals surface area contributed by atoms with E-state index in [1.54, 1.807) is 6.92 Å². The van der Waals surface area contributed by atoms with Gasteiger partial charge in [0.15, 0.2) is 0 Å². The number of benzene rings is 3. The van der Waals surface area contributed by atoms with Gasteiger partial charge in [-0.15, -0.1) is 0 Å². The number of hydrogen-bond acceptors (Lipinski definition) is 5. The highest BCUT2D eigenvalue weighted by atomic mass is 19.1. The molecule has 0 spiro atoms. The van der Waals surface area contributed by atoms with Gasteiger partial charge in [-0.25, -0.2) is 18.7 Å². The minimum atomic E-state index is -1.27. The molecule has 0 aliphatic heterocycles. The molecule has 0 aliphatic carbocycles.